The topological polar surface area (TPSA) is 12.0 Å². The molecule has 1 aliphatic heterocycles. The maximum absolute atomic E-state index is 3.60. The van der Waals surface area contributed by atoms with E-state index >= 15 is 0 Å². The fourth-order valence-electron chi connectivity index (χ4n) is 2.03. The fraction of sp³-hybridized carbons (Fsp3) is 0.636. The smallest absolute Gasteiger partial charge is 0.0157 e. The zero-order valence-corrected chi connectivity index (χ0v) is 8.99. The third kappa shape index (κ3) is 2.32. The molecule has 1 aromatic rings. The highest BCUT2D eigenvalue weighted by Gasteiger charge is 2.27. The van der Waals surface area contributed by atoms with Gasteiger partial charge >= 0.3 is 0 Å². The van der Waals surface area contributed by atoms with Gasteiger partial charge in [0.05, 0.1) is 0 Å². The van der Waals surface area contributed by atoms with Crippen LogP contribution in [0.4, 0.5) is 0 Å². The van der Waals surface area contributed by atoms with Crippen molar-refractivity contribution in [3.63, 3.8) is 0 Å². The average molecular weight is 195 g/mol. The Labute approximate surface area is 84.2 Å². The molecule has 0 saturated carbocycles. The first kappa shape index (κ1) is 9.22. The molecule has 0 aliphatic carbocycles. The van der Waals surface area contributed by atoms with Crippen molar-refractivity contribution in [2.24, 2.45) is 0 Å². The Morgan fingerprint density at radius 1 is 1.62 bits per heavy atom. The molecule has 1 atom stereocenters. The zero-order valence-electron chi connectivity index (χ0n) is 8.18. The van der Waals surface area contributed by atoms with E-state index in [9.17, 15) is 0 Å². The number of thiophene rings is 1. The van der Waals surface area contributed by atoms with Crippen LogP contribution in [0.25, 0.3) is 0 Å². The molecule has 13 heavy (non-hydrogen) atoms. The molecule has 1 aromatic heterocycles. The molecule has 1 aliphatic rings. The van der Waals surface area contributed by atoms with Gasteiger partial charge in [-0.2, -0.15) is 11.3 Å². The van der Waals surface area contributed by atoms with Crippen LogP contribution in [0.15, 0.2) is 16.8 Å². The largest absolute Gasteiger partial charge is 0.312 e. The van der Waals surface area contributed by atoms with Crippen LogP contribution in [0.1, 0.15) is 31.7 Å². The fourth-order valence-corrected chi connectivity index (χ4v) is 2.73. The highest BCUT2D eigenvalue weighted by atomic mass is 32.1. The molecule has 1 N–H and O–H groups in total. The van der Waals surface area contributed by atoms with Gasteiger partial charge in [-0.15, -0.1) is 0 Å². The van der Waals surface area contributed by atoms with E-state index in [4.69, 9.17) is 0 Å². The van der Waals surface area contributed by atoms with Crippen LogP contribution in [0.3, 0.4) is 0 Å². The van der Waals surface area contributed by atoms with Crippen molar-refractivity contribution in [3.8, 4) is 0 Å². The molecule has 1 saturated heterocycles. The summed E-state index contributed by atoms with van der Waals surface area (Å²) in [5.41, 5.74) is 1.92. The van der Waals surface area contributed by atoms with E-state index < -0.39 is 0 Å². The van der Waals surface area contributed by atoms with Gasteiger partial charge in [-0.05, 0) is 61.5 Å². The van der Waals surface area contributed by atoms with Gasteiger partial charge in [-0.1, -0.05) is 0 Å². The summed E-state index contributed by atoms with van der Waals surface area (Å²) in [5, 5.41) is 8.03. The predicted octanol–water partition coefficient (Wildman–Crippen LogP) is 2.82. The van der Waals surface area contributed by atoms with E-state index in [1.807, 2.05) is 0 Å². The lowest BCUT2D eigenvalue weighted by atomic mass is 9.93. The van der Waals surface area contributed by atoms with Crippen LogP contribution in [0.2, 0.25) is 0 Å². The summed E-state index contributed by atoms with van der Waals surface area (Å²) in [7, 11) is 0. The maximum atomic E-state index is 3.60. The molecule has 0 radical (unpaired) electrons. The van der Waals surface area contributed by atoms with Crippen molar-refractivity contribution >= 4 is 11.3 Å². The van der Waals surface area contributed by atoms with E-state index in [0.717, 1.165) is 0 Å². The monoisotopic (exact) mass is 195 g/mol. The summed E-state index contributed by atoms with van der Waals surface area (Å²) in [4.78, 5) is 0. The first-order chi connectivity index (χ1) is 6.29. The summed E-state index contributed by atoms with van der Waals surface area (Å²) < 4.78 is 0. The summed E-state index contributed by atoms with van der Waals surface area (Å²) in [6.07, 6.45) is 5.20. The summed E-state index contributed by atoms with van der Waals surface area (Å²) in [6.45, 7) is 3.56. The first-order valence-corrected chi connectivity index (χ1v) is 5.99. The molecule has 1 nitrogen and oxygen atoms in total. The third-order valence-electron chi connectivity index (χ3n) is 3.00. The van der Waals surface area contributed by atoms with Crippen LogP contribution in [0, 0.1) is 0 Å². The number of hydrogen-bond donors (Lipinski definition) is 1. The normalized spacial score (nSPS) is 28.1. The van der Waals surface area contributed by atoms with Crippen molar-refractivity contribution in [1.82, 2.24) is 5.32 Å². The Hall–Kier alpha value is -0.340. The van der Waals surface area contributed by atoms with Crippen LogP contribution in [-0.2, 0) is 6.42 Å². The highest BCUT2D eigenvalue weighted by molar-refractivity contribution is 7.07. The Kier molecular flexibility index (Phi) is 2.70. The Morgan fingerprint density at radius 2 is 2.54 bits per heavy atom. The molecule has 2 heteroatoms. The van der Waals surface area contributed by atoms with Crippen molar-refractivity contribution in [1.29, 1.82) is 0 Å². The van der Waals surface area contributed by atoms with Crippen molar-refractivity contribution in [2.45, 2.75) is 38.1 Å². The maximum Gasteiger partial charge on any atom is 0.0157 e. The second-order valence-corrected chi connectivity index (χ2v) is 5.00. The minimum Gasteiger partial charge on any atom is -0.312 e. The van der Waals surface area contributed by atoms with E-state index in [1.165, 1.54) is 37.8 Å². The van der Waals surface area contributed by atoms with Gasteiger partial charge < -0.3 is 5.32 Å². The van der Waals surface area contributed by atoms with E-state index in [0.29, 0.717) is 5.54 Å². The Morgan fingerprint density at radius 3 is 3.15 bits per heavy atom. The average Bonchev–Trinajstić information content (AvgIpc) is 2.72. The summed E-state index contributed by atoms with van der Waals surface area (Å²) in [5.74, 6) is 0. The van der Waals surface area contributed by atoms with Gasteiger partial charge in [0, 0.05) is 5.54 Å². The van der Waals surface area contributed by atoms with Gasteiger partial charge in [0.15, 0.2) is 0 Å². The number of aryl methyl sites for hydroxylation is 1. The molecule has 0 bridgehead atoms. The summed E-state index contributed by atoms with van der Waals surface area (Å²) >= 11 is 1.80. The highest BCUT2D eigenvalue weighted by Crippen LogP contribution is 2.24. The molecular weight excluding hydrogens is 178 g/mol. The second-order valence-electron chi connectivity index (χ2n) is 4.22. The SMILES string of the molecule is CC1(CCc2ccsc2)CCCN1. The molecule has 2 rings (SSSR count). The molecular formula is C11H17NS. The van der Waals surface area contributed by atoms with Crippen LogP contribution < -0.4 is 5.32 Å². The first-order valence-electron chi connectivity index (χ1n) is 5.05. The zero-order chi connectivity index (χ0) is 9.15. The Bertz CT molecular complexity index is 247. The van der Waals surface area contributed by atoms with Gasteiger partial charge in [0.2, 0.25) is 0 Å². The van der Waals surface area contributed by atoms with Crippen LogP contribution in [-0.4, -0.2) is 12.1 Å². The van der Waals surface area contributed by atoms with E-state index in [-0.39, 0.29) is 0 Å². The van der Waals surface area contributed by atoms with Crippen LogP contribution in [0.5, 0.6) is 0 Å². The molecule has 72 valence electrons. The lowest BCUT2D eigenvalue weighted by Crippen LogP contribution is -2.36. The minimum absolute atomic E-state index is 0.419. The third-order valence-corrected chi connectivity index (χ3v) is 3.73. The lowest BCUT2D eigenvalue weighted by molar-refractivity contribution is 0.385. The van der Waals surface area contributed by atoms with Gasteiger partial charge in [0.1, 0.15) is 0 Å². The van der Waals surface area contributed by atoms with Crippen LogP contribution >= 0.6 is 11.3 Å². The molecule has 0 aromatic carbocycles. The van der Waals surface area contributed by atoms with E-state index in [2.05, 4.69) is 29.1 Å². The lowest BCUT2D eigenvalue weighted by Gasteiger charge is -2.23. The molecule has 0 spiro atoms. The summed E-state index contributed by atoms with van der Waals surface area (Å²) in [6, 6.07) is 2.24. The number of hydrogen-bond acceptors (Lipinski definition) is 2. The van der Waals surface area contributed by atoms with Gasteiger partial charge in [-0.3, -0.25) is 0 Å². The van der Waals surface area contributed by atoms with E-state index in [1.54, 1.807) is 11.3 Å². The molecule has 0 amide bonds. The van der Waals surface area contributed by atoms with Crippen molar-refractivity contribution in [3.05, 3.63) is 22.4 Å². The molecule has 1 fully saturated rings. The predicted molar refractivity (Wildman–Crippen MR) is 58.3 cm³/mol. The second kappa shape index (κ2) is 3.81. The van der Waals surface area contributed by atoms with Crippen molar-refractivity contribution < 1.29 is 0 Å². The Balaban J connectivity index is 1.85. The molecule has 1 unspecified atom stereocenters. The quantitative estimate of drug-likeness (QED) is 0.782. The van der Waals surface area contributed by atoms with Crippen molar-refractivity contribution in [2.75, 3.05) is 6.54 Å². The number of nitrogens with one attached hydrogen (secondary N) is 1. The minimum atomic E-state index is 0.419. The standard InChI is InChI=1S/C11H17NS/c1-11(5-2-7-12-11)6-3-10-4-8-13-9-10/h4,8-9,12H,2-3,5-7H2,1H3. The molecule has 2 heterocycles. The number of rotatable bonds is 3. The van der Waals surface area contributed by atoms with Gasteiger partial charge in [0.25, 0.3) is 0 Å². The van der Waals surface area contributed by atoms with Gasteiger partial charge in [-0.25, -0.2) is 0 Å².